The highest BCUT2D eigenvalue weighted by atomic mass is 16.4. The van der Waals surface area contributed by atoms with Crippen molar-refractivity contribution in [3.05, 3.63) is 64.7 Å². The summed E-state index contributed by atoms with van der Waals surface area (Å²) in [6, 6.07) is 13.6. The third-order valence-corrected chi connectivity index (χ3v) is 4.05. The second-order valence-corrected chi connectivity index (χ2v) is 6.29. The molecule has 0 aliphatic carbocycles. The van der Waals surface area contributed by atoms with E-state index in [0.29, 0.717) is 6.42 Å². The first kappa shape index (κ1) is 17.7. The summed E-state index contributed by atoms with van der Waals surface area (Å²) < 4.78 is 0. The minimum Gasteiger partial charge on any atom is -0.481 e. The fourth-order valence-corrected chi connectivity index (χ4v) is 2.58. The molecule has 0 spiro atoms. The first-order valence-corrected chi connectivity index (χ1v) is 8.00. The smallest absolute Gasteiger partial charge is 0.304 e. The van der Waals surface area contributed by atoms with Gasteiger partial charge in [0.05, 0.1) is 12.3 Å². The van der Waals surface area contributed by atoms with Crippen LogP contribution in [0.1, 0.15) is 28.7 Å². The van der Waals surface area contributed by atoms with Crippen molar-refractivity contribution < 1.29 is 14.7 Å². The molecule has 2 rings (SSSR count). The number of carbonyl (C=O) groups is 2. The van der Waals surface area contributed by atoms with E-state index in [-0.39, 0.29) is 12.3 Å². The normalized spacial score (nSPS) is 11.8. The fraction of sp³-hybridized carbons (Fsp3) is 0.300. The van der Waals surface area contributed by atoms with Crippen molar-refractivity contribution in [3.8, 4) is 0 Å². The number of amides is 1. The van der Waals surface area contributed by atoms with Crippen molar-refractivity contribution in [2.45, 2.75) is 33.6 Å². The summed E-state index contributed by atoms with van der Waals surface area (Å²) in [5.41, 5.74) is 4.83. The standard InChI is InChI=1S/C20H23NO3/c1-13-5-8-16(9-6-13)11-17(12-19(22)23)20(24)21-18-10-14(2)4-7-15(18)3/h4-10,17H,11-12H2,1-3H3,(H,21,24)(H,22,23). The molecule has 0 aromatic heterocycles. The Balaban J connectivity index is 2.16. The second kappa shape index (κ2) is 7.77. The highest BCUT2D eigenvalue weighted by molar-refractivity contribution is 5.95. The molecule has 24 heavy (non-hydrogen) atoms. The molecule has 1 amide bonds. The number of carboxylic acid groups (broad SMARTS) is 1. The number of carbonyl (C=O) groups excluding carboxylic acids is 1. The number of anilines is 1. The summed E-state index contributed by atoms with van der Waals surface area (Å²) in [6.45, 7) is 5.86. The predicted octanol–water partition coefficient (Wildman–Crippen LogP) is 3.88. The van der Waals surface area contributed by atoms with E-state index >= 15 is 0 Å². The van der Waals surface area contributed by atoms with Gasteiger partial charge in [-0.05, 0) is 49.9 Å². The maximum atomic E-state index is 12.6. The van der Waals surface area contributed by atoms with Crippen LogP contribution in [0.2, 0.25) is 0 Å². The molecule has 2 aromatic carbocycles. The predicted molar refractivity (Wildman–Crippen MR) is 95.2 cm³/mol. The zero-order chi connectivity index (χ0) is 17.7. The molecule has 0 saturated carbocycles. The number of benzene rings is 2. The van der Waals surface area contributed by atoms with Gasteiger partial charge in [-0.3, -0.25) is 9.59 Å². The van der Waals surface area contributed by atoms with Crippen molar-refractivity contribution in [1.29, 1.82) is 0 Å². The van der Waals surface area contributed by atoms with Gasteiger partial charge in [-0.25, -0.2) is 0 Å². The van der Waals surface area contributed by atoms with Crippen LogP contribution in [0.4, 0.5) is 5.69 Å². The van der Waals surface area contributed by atoms with Crippen molar-refractivity contribution in [1.82, 2.24) is 0 Å². The molecule has 4 nitrogen and oxygen atoms in total. The minimum absolute atomic E-state index is 0.190. The molecule has 2 aromatic rings. The van der Waals surface area contributed by atoms with Gasteiger partial charge in [0.25, 0.3) is 0 Å². The van der Waals surface area contributed by atoms with Crippen LogP contribution in [-0.2, 0) is 16.0 Å². The SMILES string of the molecule is Cc1ccc(CC(CC(=O)O)C(=O)Nc2cc(C)ccc2C)cc1. The quantitative estimate of drug-likeness (QED) is 0.847. The zero-order valence-electron chi connectivity index (χ0n) is 14.3. The number of aliphatic carboxylic acids is 1. The molecule has 0 heterocycles. The average molecular weight is 325 g/mol. The van der Waals surface area contributed by atoms with E-state index in [1.54, 1.807) is 0 Å². The Bertz CT molecular complexity index is 735. The van der Waals surface area contributed by atoms with Gasteiger partial charge < -0.3 is 10.4 Å². The Kier molecular flexibility index (Phi) is 5.74. The Morgan fingerprint density at radius 1 is 1.00 bits per heavy atom. The van der Waals surface area contributed by atoms with Crippen LogP contribution < -0.4 is 5.32 Å². The highest BCUT2D eigenvalue weighted by Gasteiger charge is 2.22. The Morgan fingerprint density at radius 3 is 2.25 bits per heavy atom. The van der Waals surface area contributed by atoms with E-state index < -0.39 is 11.9 Å². The number of aryl methyl sites for hydroxylation is 3. The zero-order valence-corrected chi connectivity index (χ0v) is 14.3. The van der Waals surface area contributed by atoms with Crippen molar-refractivity contribution >= 4 is 17.6 Å². The summed E-state index contributed by atoms with van der Waals surface area (Å²) in [5, 5.41) is 12.0. The highest BCUT2D eigenvalue weighted by Crippen LogP contribution is 2.20. The molecule has 0 saturated heterocycles. The Labute approximate surface area is 142 Å². The van der Waals surface area contributed by atoms with E-state index in [1.807, 2.05) is 63.2 Å². The summed E-state index contributed by atoms with van der Waals surface area (Å²) in [6.07, 6.45) is 0.216. The number of hydrogen-bond donors (Lipinski definition) is 2. The molecule has 4 heteroatoms. The third-order valence-electron chi connectivity index (χ3n) is 4.05. The largest absolute Gasteiger partial charge is 0.481 e. The summed E-state index contributed by atoms with van der Waals surface area (Å²) in [5.74, 6) is -1.83. The molecule has 0 bridgehead atoms. The summed E-state index contributed by atoms with van der Waals surface area (Å²) >= 11 is 0. The van der Waals surface area contributed by atoms with Gasteiger partial charge in [-0.1, -0.05) is 42.0 Å². The van der Waals surface area contributed by atoms with Gasteiger partial charge in [0, 0.05) is 5.69 Å². The minimum atomic E-state index is -0.969. The van der Waals surface area contributed by atoms with Crippen molar-refractivity contribution in [2.24, 2.45) is 5.92 Å². The molecule has 126 valence electrons. The topological polar surface area (TPSA) is 66.4 Å². The lowest BCUT2D eigenvalue weighted by Crippen LogP contribution is -2.27. The number of carboxylic acids is 1. The number of rotatable bonds is 6. The summed E-state index contributed by atoms with van der Waals surface area (Å²) in [4.78, 5) is 23.8. The van der Waals surface area contributed by atoms with Crippen LogP contribution in [-0.4, -0.2) is 17.0 Å². The van der Waals surface area contributed by atoms with Crippen LogP contribution >= 0.6 is 0 Å². The van der Waals surface area contributed by atoms with Crippen LogP contribution in [0.3, 0.4) is 0 Å². The lowest BCUT2D eigenvalue weighted by atomic mass is 9.94. The third kappa shape index (κ3) is 4.95. The van der Waals surface area contributed by atoms with Gasteiger partial charge in [-0.2, -0.15) is 0 Å². The lowest BCUT2D eigenvalue weighted by Gasteiger charge is -2.17. The molecule has 0 radical (unpaired) electrons. The molecule has 2 N–H and O–H groups in total. The maximum Gasteiger partial charge on any atom is 0.304 e. The van der Waals surface area contributed by atoms with E-state index in [9.17, 15) is 9.59 Å². The van der Waals surface area contributed by atoms with E-state index in [2.05, 4.69) is 5.32 Å². The van der Waals surface area contributed by atoms with Gasteiger partial charge in [0.2, 0.25) is 5.91 Å². The van der Waals surface area contributed by atoms with Gasteiger partial charge in [0.15, 0.2) is 0 Å². The molecule has 1 unspecified atom stereocenters. The van der Waals surface area contributed by atoms with Crippen LogP contribution in [0.15, 0.2) is 42.5 Å². The van der Waals surface area contributed by atoms with E-state index in [0.717, 1.165) is 27.9 Å². The molecule has 0 fully saturated rings. The Hall–Kier alpha value is -2.62. The van der Waals surface area contributed by atoms with Crippen molar-refractivity contribution in [3.63, 3.8) is 0 Å². The van der Waals surface area contributed by atoms with Crippen LogP contribution in [0.5, 0.6) is 0 Å². The first-order valence-electron chi connectivity index (χ1n) is 8.00. The molecular formula is C20H23NO3. The Morgan fingerprint density at radius 2 is 1.62 bits per heavy atom. The average Bonchev–Trinajstić information content (AvgIpc) is 2.52. The first-order chi connectivity index (χ1) is 11.3. The van der Waals surface area contributed by atoms with Gasteiger partial charge in [0.1, 0.15) is 0 Å². The lowest BCUT2D eigenvalue weighted by molar-refractivity contribution is -0.140. The molecule has 0 aliphatic heterocycles. The number of nitrogens with one attached hydrogen (secondary N) is 1. The fourth-order valence-electron chi connectivity index (χ4n) is 2.58. The van der Waals surface area contributed by atoms with Crippen LogP contribution in [0, 0.1) is 26.7 Å². The van der Waals surface area contributed by atoms with Gasteiger partial charge >= 0.3 is 5.97 Å². The molecule has 1 atom stereocenters. The van der Waals surface area contributed by atoms with E-state index in [4.69, 9.17) is 5.11 Å². The van der Waals surface area contributed by atoms with E-state index in [1.165, 1.54) is 0 Å². The molecule has 0 aliphatic rings. The van der Waals surface area contributed by atoms with Gasteiger partial charge in [-0.15, -0.1) is 0 Å². The van der Waals surface area contributed by atoms with Crippen LogP contribution in [0.25, 0.3) is 0 Å². The maximum absolute atomic E-state index is 12.6. The number of hydrogen-bond acceptors (Lipinski definition) is 2. The summed E-state index contributed by atoms with van der Waals surface area (Å²) in [7, 11) is 0. The molecular weight excluding hydrogens is 302 g/mol. The second-order valence-electron chi connectivity index (χ2n) is 6.29. The monoisotopic (exact) mass is 325 g/mol. The van der Waals surface area contributed by atoms with Crippen molar-refractivity contribution in [2.75, 3.05) is 5.32 Å².